The SMILES string of the molecule is CN=C(NCCOC)NCC1CCOC1. The third kappa shape index (κ3) is 4.99. The topological polar surface area (TPSA) is 54.9 Å². The van der Waals surface area contributed by atoms with Crippen LogP contribution in [0.1, 0.15) is 6.42 Å². The van der Waals surface area contributed by atoms with Gasteiger partial charge >= 0.3 is 0 Å². The minimum atomic E-state index is 0.617. The van der Waals surface area contributed by atoms with Gasteiger partial charge in [0.2, 0.25) is 0 Å². The van der Waals surface area contributed by atoms with Crippen molar-refractivity contribution in [1.29, 1.82) is 0 Å². The highest BCUT2D eigenvalue weighted by Crippen LogP contribution is 2.10. The molecule has 1 heterocycles. The quantitative estimate of drug-likeness (QED) is 0.380. The lowest BCUT2D eigenvalue weighted by Gasteiger charge is -2.13. The Morgan fingerprint density at radius 1 is 1.53 bits per heavy atom. The third-order valence-corrected chi connectivity index (χ3v) is 2.40. The molecule has 0 aliphatic carbocycles. The molecule has 88 valence electrons. The summed E-state index contributed by atoms with van der Waals surface area (Å²) in [6.45, 7) is 4.14. The van der Waals surface area contributed by atoms with Gasteiger partial charge in [0.05, 0.1) is 13.2 Å². The standard InChI is InChI=1S/C10H21N3O2/c1-11-10(12-4-6-14-2)13-7-9-3-5-15-8-9/h9H,3-8H2,1-2H3,(H2,11,12,13). The van der Waals surface area contributed by atoms with E-state index in [0.717, 1.165) is 38.7 Å². The molecule has 1 saturated heterocycles. The van der Waals surface area contributed by atoms with Gasteiger partial charge in [-0.25, -0.2) is 0 Å². The van der Waals surface area contributed by atoms with E-state index >= 15 is 0 Å². The maximum atomic E-state index is 5.30. The van der Waals surface area contributed by atoms with Gasteiger partial charge in [-0.1, -0.05) is 0 Å². The number of guanidine groups is 1. The molecule has 0 amide bonds. The fraction of sp³-hybridized carbons (Fsp3) is 0.900. The van der Waals surface area contributed by atoms with Gasteiger partial charge in [-0.15, -0.1) is 0 Å². The summed E-state index contributed by atoms with van der Waals surface area (Å²) in [4.78, 5) is 4.12. The average molecular weight is 215 g/mol. The zero-order valence-corrected chi connectivity index (χ0v) is 9.58. The summed E-state index contributed by atoms with van der Waals surface area (Å²) in [5, 5.41) is 6.44. The van der Waals surface area contributed by atoms with E-state index in [4.69, 9.17) is 9.47 Å². The van der Waals surface area contributed by atoms with Crippen LogP contribution < -0.4 is 10.6 Å². The van der Waals surface area contributed by atoms with Gasteiger partial charge < -0.3 is 20.1 Å². The number of methoxy groups -OCH3 is 1. The number of hydrogen-bond donors (Lipinski definition) is 2. The molecule has 5 heteroatoms. The van der Waals surface area contributed by atoms with E-state index in [1.165, 1.54) is 0 Å². The second-order valence-electron chi connectivity index (χ2n) is 3.60. The second-order valence-corrected chi connectivity index (χ2v) is 3.60. The molecular formula is C10H21N3O2. The van der Waals surface area contributed by atoms with Gasteiger partial charge in [-0.2, -0.15) is 0 Å². The van der Waals surface area contributed by atoms with Crippen molar-refractivity contribution in [2.45, 2.75) is 6.42 Å². The molecule has 5 nitrogen and oxygen atoms in total. The number of nitrogens with one attached hydrogen (secondary N) is 2. The molecule has 1 unspecified atom stereocenters. The maximum Gasteiger partial charge on any atom is 0.191 e. The lowest BCUT2D eigenvalue weighted by molar-refractivity contribution is 0.186. The maximum absolute atomic E-state index is 5.30. The summed E-state index contributed by atoms with van der Waals surface area (Å²) in [5.74, 6) is 1.45. The number of nitrogens with zero attached hydrogens (tertiary/aromatic N) is 1. The van der Waals surface area contributed by atoms with Gasteiger partial charge in [-0.3, -0.25) is 4.99 Å². The van der Waals surface area contributed by atoms with Crippen molar-refractivity contribution in [3.05, 3.63) is 0 Å². The molecule has 1 aliphatic heterocycles. The predicted octanol–water partition coefficient (Wildman–Crippen LogP) is -0.166. The van der Waals surface area contributed by atoms with Crippen molar-refractivity contribution in [3.8, 4) is 0 Å². The number of aliphatic imine (C=N–C) groups is 1. The minimum Gasteiger partial charge on any atom is -0.383 e. The monoisotopic (exact) mass is 215 g/mol. The van der Waals surface area contributed by atoms with Crippen molar-refractivity contribution in [3.63, 3.8) is 0 Å². The molecule has 0 aromatic rings. The van der Waals surface area contributed by atoms with Crippen molar-refractivity contribution in [2.24, 2.45) is 10.9 Å². The summed E-state index contributed by atoms with van der Waals surface area (Å²) in [6, 6.07) is 0. The van der Waals surface area contributed by atoms with Crippen molar-refractivity contribution < 1.29 is 9.47 Å². The fourth-order valence-electron chi connectivity index (χ4n) is 1.48. The summed E-state index contributed by atoms with van der Waals surface area (Å²) in [5.41, 5.74) is 0. The molecule has 1 fully saturated rings. The fourth-order valence-corrected chi connectivity index (χ4v) is 1.48. The largest absolute Gasteiger partial charge is 0.383 e. The molecule has 0 radical (unpaired) electrons. The lowest BCUT2D eigenvalue weighted by atomic mass is 10.1. The molecule has 0 aromatic carbocycles. The first-order chi connectivity index (χ1) is 7.36. The molecule has 2 N–H and O–H groups in total. The predicted molar refractivity (Wildman–Crippen MR) is 60.2 cm³/mol. The summed E-state index contributed by atoms with van der Waals surface area (Å²) in [6.07, 6.45) is 1.14. The van der Waals surface area contributed by atoms with E-state index in [2.05, 4.69) is 15.6 Å². The summed E-state index contributed by atoms with van der Waals surface area (Å²) < 4.78 is 10.3. The van der Waals surface area contributed by atoms with Crippen LogP contribution in [0.4, 0.5) is 0 Å². The van der Waals surface area contributed by atoms with Crippen LogP contribution in [-0.2, 0) is 9.47 Å². The molecule has 0 aromatic heterocycles. The highest BCUT2D eigenvalue weighted by atomic mass is 16.5. The zero-order chi connectivity index (χ0) is 10.9. The Bertz CT molecular complexity index is 191. The highest BCUT2D eigenvalue weighted by molar-refractivity contribution is 5.79. The third-order valence-electron chi connectivity index (χ3n) is 2.40. The van der Waals surface area contributed by atoms with Gasteiger partial charge in [0, 0.05) is 39.8 Å². The molecule has 0 bridgehead atoms. The van der Waals surface area contributed by atoms with Crippen molar-refractivity contribution in [1.82, 2.24) is 10.6 Å². The first kappa shape index (κ1) is 12.3. The van der Waals surface area contributed by atoms with Crippen LogP contribution in [0.2, 0.25) is 0 Å². The highest BCUT2D eigenvalue weighted by Gasteiger charge is 2.15. The minimum absolute atomic E-state index is 0.617. The van der Waals surface area contributed by atoms with Gasteiger partial charge in [0.25, 0.3) is 0 Å². The lowest BCUT2D eigenvalue weighted by Crippen LogP contribution is -2.41. The first-order valence-electron chi connectivity index (χ1n) is 5.38. The Morgan fingerprint density at radius 2 is 2.40 bits per heavy atom. The smallest absolute Gasteiger partial charge is 0.191 e. The van der Waals surface area contributed by atoms with Crippen LogP contribution in [0.15, 0.2) is 4.99 Å². The Hall–Kier alpha value is -0.810. The Labute approximate surface area is 91.2 Å². The van der Waals surface area contributed by atoms with E-state index in [9.17, 15) is 0 Å². The van der Waals surface area contributed by atoms with Crippen molar-refractivity contribution >= 4 is 5.96 Å². The second kappa shape index (κ2) is 7.48. The van der Waals surface area contributed by atoms with Crippen LogP contribution >= 0.6 is 0 Å². The van der Waals surface area contributed by atoms with Gasteiger partial charge in [0.1, 0.15) is 0 Å². The summed E-state index contributed by atoms with van der Waals surface area (Å²) in [7, 11) is 3.46. The van der Waals surface area contributed by atoms with E-state index < -0.39 is 0 Å². The number of ether oxygens (including phenoxy) is 2. The van der Waals surface area contributed by atoms with E-state index in [-0.39, 0.29) is 0 Å². The zero-order valence-electron chi connectivity index (χ0n) is 9.58. The van der Waals surface area contributed by atoms with E-state index in [1.807, 2.05) is 0 Å². The Balaban J connectivity index is 2.10. The van der Waals surface area contributed by atoms with Crippen LogP contribution in [-0.4, -0.2) is 53.0 Å². The van der Waals surface area contributed by atoms with Gasteiger partial charge in [-0.05, 0) is 6.42 Å². The number of hydrogen-bond acceptors (Lipinski definition) is 3. The van der Waals surface area contributed by atoms with E-state index in [1.54, 1.807) is 14.2 Å². The van der Waals surface area contributed by atoms with Crippen LogP contribution in [0.25, 0.3) is 0 Å². The molecule has 0 saturated carbocycles. The van der Waals surface area contributed by atoms with Crippen molar-refractivity contribution in [2.75, 3.05) is 47.1 Å². The van der Waals surface area contributed by atoms with Crippen LogP contribution in [0, 0.1) is 5.92 Å². The summed E-state index contributed by atoms with van der Waals surface area (Å²) >= 11 is 0. The van der Waals surface area contributed by atoms with Gasteiger partial charge in [0.15, 0.2) is 5.96 Å². The number of rotatable bonds is 5. The molecule has 1 aliphatic rings. The first-order valence-corrected chi connectivity index (χ1v) is 5.38. The van der Waals surface area contributed by atoms with Crippen LogP contribution in [0.3, 0.4) is 0 Å². The molecule has 15 heavy (non-hydrogen) atoms. The average Bonchev–Trinajstić information content (AvgIpc) is 2.76. The normalized spacial score (nSPS) is 21.7. The van der Waals surface area contributed by atoms with E-state index in [0.29, 0.717) is 12.5 Å². The van der Waals surface area contributed by atoms with Crippen LogP contribution in [0.5, 0.6) is 0 Å². The Morgan fingerprint density at radius 3 is 3.00 bits per heavy atom. The molecule has 1 rings (SSSR count). The molecule has 1 atom stereocenters. The molecular weight excluding hydrogens is 194 g/mol. The Kier molecular flexibility index (Phi) is 6.11. The molecule has 0 spiro atoms.